The Morgan fingerprint density at radius 3 is 2.78 bits per heavy atom. The van der Waals surface area contributed by atoms with Crippen LogP contribution in [0.2, 0.25) is 5.02 Å². The van der Waals surface area contributed by atoms with E-state index < -0.39 is 0 Å². The highest BCUT2D eigenvalue weighted by Crippen LogP contribution is 2.22. The lowest BCUT2D eigenvalue weighted by atomic mass is 9.99. The fourth-order valence-corrected chi connectivity index (χ4v) is 3.40. The van der Waals surface area contributed by atoms with Crippen LogP contribution in [-0.4, -0.2) is 35.8 Å². The molecule has 4 nitrogen and oxygen atoms in total. The van der Waals surface area contributed by atoms with Crippen molar-refractivity contribution in [1.82, 2.24) is 4.90 Å². The zero-order valence-corrected chi connectivity index (χ0v) is 14.7. The van der Waals surface area contributed by atoms with Gasteiger partial charge in [-0.15, -0.1) is 0 Å². The van der Waals surface area contributed by atoms with Gasteiger partial charge >= 0.3 is 0 Å². The van der Waals surface area contributed by atoms with Crippen molar-refractivity contribution < 1.29 is 9.59 Å². The molecule has 126 valence electrons. The third-order valence-electron chi connectivity index (χ3n) is 4.47. The second-order valence-electron chi connectivity index (χ2n) is 6.05. The van der Waals surface area contributed by atoms with Crippen molar-refractivity contribution in [3.63, 3.8) is 0 Å². The number of amides is 2. The minimum atomic E-state index is -0.0780. The molecule has 23 heavy (non-hydrogen) atoms. The predicted octanol–water partition coefficient (Wildman–Crippen LogP) is 3.87. The molecule has 0 N–H and O–H groups in total. The molecule has 1 saturated heterocycles. The maximum Gasteiger partial charge on any atom is 0.224 e. The molecule has 2 amide bonds. The largest absolute Gasteiger partial charge is 0.340 e. The van der Waals surface area contributed by atoms with E-state index in [4.69, 9.17) is 11.6 Å². The van der Waals surface area contributed by atoms with Crippen LogP contribution in [0.3, 0.4) is 0 Å². The van der Waals surface area contributed by atoms with E-state index in [1.165, 1.54) is 13.3 Å². The average Bonchev–Trinajstić information content (AvgIpc) is 2.54. The van der Waals surface area contributed by atoms with Gasteiger partial charge < -0.3 is 9.80 Å². The number of benzene rings is 1. The highest BCUT2D eigenvalue weighted by Gasteiger charge is 2.25. The van der Waals surface area contributed by atoms with Crippen molar-refractivity contribution in [3.05, 3.63) is 29.3 Å². The maximum absolute atomic E-state index is 12.6. The van der Waals surface area contributed by atoms with Gasteiger partial charge in [0.1, 0.15) is 0 Å². The second-order valence-corrected chi connectivity index (χ2v) is 6.48. The van der Waals surface area contributed by atoms with Gasteiger partial charge in [0.05, 0.1) is 0 Å². The van der Waals surface area contributed by atoms with E-state index in [2.05, 4.69) is 6.92 Å². The van der Waals surface area contributed by atoms with Gasteiger partial charge in [-0.1, -0.05) is 24.6 Å². The molecule has 0 radical (unpaired) electrons. The Labute approximate surface area is 143 Å². The molecular weight excluding hydrogens is 312 g/mol. The Morgan fingerprint density at radius 2 is 2.13 bits per heavy atom. The second kappa shape index (κ2) is 8.34. The molecule has 0 aromatic heterocycles. The van der Waals surface area contributed by atoms with E-state index in [9.17, 15) is 9.59 Å². The van der Waals surface area contributed by atoms with Gasteiger partial charge in [0.25, 0.3) is 0 Å². The molecule has 0 spiro atoms. The monoisotopic (exact) mass is 336 g/mol. The molecule has 5 heteroatoms. The summed E-state index contributed by atoms with van der Waals surface area (Å²) in [5.74, 6) is 0.0654. The van der Waals surface area contributed by atoms with E-state index >= 15 is 0 Å². The van der Waals surface area contributed by atoms with Gasteiger partial charge in [-0.25, -0.2) is 0 Å². The molecule has 1 unspecified atom stereocenters. The molecular formula is C18H25ClN2O2. The van der Waals surface area contributed by atoms with Crippen LogP contribution >= 0.6 is 11.6 Å². The molecule has 1 aromatic rings. The SMILES string of the molecule is CCC1CCCCN1C(=O)CCN(C(C)=O)c1cccc(Cl)c1. The summed E-state index contributed by atoms with van der Waals surface area (Å²) >= 11 is 6.00. The Bertz CT molecular complexity index is 562. The van der Waals surface area contributed by atoms with E-state index in [0.29, 0.717) is 24.0 Å². The number of halogens is 1. The van der Waals surface area contributed by atoms with E-state index in [1.54, 1.807) is 17.0 Å². The van der Waals surface area contributed by atoms with Gasteiger partial charge in [-0.05, 0) is 43.9 Å². The van der Waals surface area contributed by atoms with Crippen molar-refractivity contribution >= 4 is 29.1 Å². The van der Waals surface area contributed by atoms with Gasteiger partial charge in [-0.2, -0.15) is 0 Å². The average molecular weight is 337 g/mol. The lowest BCUT2D eigenvalue weighted by molar-refractivity contribution is -0.134. The van der Waals surface area contributed by atoms with Crippen molar-refractivity contribution in [2.75, 3.05) is 18.0 Å². The highest BCUT2D eigenvalue weighted by molar-refractivity contribution is 6.30. The number of hydrogen-bond acceptors (Lipinski definition) is 2. The minimum absolute atomic E-state index is 0.0780. The number of anilines is 1. The molecule has 1 aliphatic heterocycles. The third kappa shape index (κ3) is 4.71. The first-order valence-electron chi connectivity index (χ1n) is 8.36. The van der Waals surface area contributed by atoms with Gasteiger partial charge in [0, 0.05) is 43.2 Å². The summed E-state index contributed by atoms with van der Waals surface area (Å²) < 4.78 is 0. The molecule has 1 fully saturated rings. The van der Waals surface area contributed by atoms with Crippen molar-refractivity contribution in [2.45, 2.75) is 52.0 Å². The highest BCUT2D eigenvalue weighted by atomic mass is 35.5. The summed E-state index contributed by atoms with van der Waals surface area (Å²) in [5.41, 5.74) is 0.739. The number of rotatable bonds is 5. The molecule has 1 aromatic carbocycles. The fourth-order valence-electron chi connectivity index (χ4n) is 3.22. The molecule has 1 heterocycles. The van der Waals surface area contributed by atoms with Crippen LogP contribution in [0.25, 0.3) is 0 Å². The van der Waals surface area contributed by atoms with E-state index in [0.717, 1.165) is 31.5 Å². The zero-order chi connectivity index (χ0) is 16.8. The maximum atomic E-state index is 12.6. The van der Waals surface area contributed by atoms with Crippen LogP contribution in [0.1, 0.15) is 46.0 Å². The quantitative estimate of drug-likeness (QED) is 0.818. The lowest BCUT2D eigenvalue weighted by Crippen LogP contribution is -2.44. The molecule has 0 bridgehead atoms. The van der Waals surface area contributed by atoms with Crippen LogP contribution in [0.15, 0.2) is 24.3 Å². The van der Waals surface area contributed by atoms with Crippen molar-refractivity contribution in [2.24, 2.45) is 0 Å². The smallest absolute Gasteiger partial charge is 0.224 e. The van der Waals surface area contributed by atoms with Crippen LogP contribution in [-0.2, 0) is 9.59 Å². The van der Waals surface area contributed by atoms with Crippen LogP contribution in [0.5, 0.6) is 0 Å². The number of carbonyl (C=O) groups is 2. The predicted molar refractivity (Wildman–Crippen MR) is 93.7 cm³/mol. The van der Waals surface area contributed by atoms with E-state index in [1.807, 2.05) is 17.0 Å². The first-order chi connectivity index (χ1) is 11.0. The zero-order valence-electron chi connectivity index (χ0n) is 13.9. The number of nitrogens with zero attached hydrogens (tertiary/aromatic N) is 2. The number of hydrogen-bond donors (Lipinski definition) is 0. The standard InChI is InChI=1S/C18H25ClN2O2/c1-3-16-8-4-5-11-21(16)18(23)10-12-20(14(2)22)17-9-6-7-15(19)13-17/h6-7,9,13,16H,3-5,8,10-12H2,1-2H3. The van der Waals surface area contributed by atoms with Crippen molar-refractivity contribution in [1.29, 1.82) is 0 Å². The fraction of sp³-hybridized carbons (Fsp3) is 0.556. The first kappa shape index (κ1) is 17.8. The Balaban J connectivity index is 2.01. The topological polar surface area (TPSA) is 40.6 Å². The Morgan fingerprint density at radius 1 is 1.35 bits per heavy atom. The molecule has 0 aliphatic carbocycles. The molecule has 1 aliphatic rings. The van der Waals surface area contributed by atoms with Gasteiger partial charge in [-0.3, -0.25) is 9.59 Å². The molecule has 0 saturated carbocycles. The molecule has 1 atom stereocenters. The van der Waals surface area contributed by atoms with Crippen LogP contribution in [0.4, 0.5) is 5.69 Å². The van der Waals surface area contributed by atoms with Gasteiger partial charge in [0.2, 0.25) is 11.8 Å². The van der Waals surface area contributed by atoms with Gasteiger partial charge in [0.15, 0.2) is 0 Å². The summed E-state index contributed by atoms with van der Waals surface area (Å²) in [6.45, 7) is 4.88. The number of piperidine rings is 1. The summed E-state index contributed by atoms with van der Waals surface area (Å²) in [5, 5.41) is 0.585. The summed E-state index contributed by atoms with van der Waals surface area (Å²) in [6.07, 6.45) is 4.71. The lowest BCUT2D eigenvalue weighted by Gasteiger charge is -2.35. The van der Waals surface area contributed by atoms with E-state index in [-0.39, 0.29) is 11.8 Å². The van der Waals surface area contributed by atoms with Crippen molar-refractivity contribution in [3.8, 4) is 0 Å². The summed E-state index contributed by atoms with van der Waals surface area (Å²) in [6, 6.07) is 7.53. The molecule has 2 rings (SSSR count). The first-order valence-corrected chi connectivity index (χ1v) is 8.74. The minimum Gasteiger partial charge on any atom is -0.340 e. The summed E-state index contributed by atoms with van der Waals surface area (Å²) in [7, 11) is 0. The van der Waals surface area contributed by atoms with Crippen LogP contribution < -0.4 is 4.90 Å². The van der Waals surface area contributed by atoms with Crippen LogP contribution in [0, 0.1) is 0 Å². The normalized spacial score (nSPS) is 17.9. The Kier molecular flexibility index (Phi) is 6.46. The number of carbonyl (C=O) groups excluding carboxylic acids is 2. The summed E-state index contributed by atoms with van der Waals surface area (Å²) in [4.78, 5) is 28.1. The number of likely N-dealkylation sites (tertiary alicyclic amines) is 1. The third-order valence-corrected chi connectivity index (χ3v) is 4.70. The Hall–Kier alpha value is -1.55.